The molecule has 22 heavy (non-hydrogen) atoms. The predicted octanol–water partition coefficient (Wildman–Crippen LogP) is 4.83. The van der Waals surface area contributed by atoms with Crippen LogP contribution in [0.1, 0.15) is 57.1 Å². The van der Waals surface area contributed by atoms with Gasteiger partial charge in [0, 0.05) is 17.0 Å². The maximum Gasteiger partial charge on any atom is 0.226 e. The summed E-state index contributed by atoms with van der Waals surface area (Å²) in [6, 6.07) is 8.63. The van der Waals surface area contributed by atoms with E-state index in [4.69, 9.17) is 11.6 Å². The largest absolute Gasteiger partial charge is 0.333 e. The molecule has 3 heteroatoms. The van der Waals surface area contributed by atoms with Gasteiger partial charge in [0.1, 0.15) is 0 Å². The van der Waals surface area contributed by atoms with Gasteiger partial charge in [0.05, 0.1) is 6.04 Å². The summed E-state index contributed by atoms with van der Waals surface area (Å²) in [5.74, 6) is 2.22. The van der Waals surface area contributed by atoms with Crippen LogP contribution in [0.2, 0.25) is 5.02 Å². The van der Waals surface area contributed by atoms with Crippen molar-refractivity contribution in [2.24, 2.45) is 17.8 Å². The minimum atomic E-state index is 0.163. The highest BCUT2D eigenvalue weighted by molar-refractivity contribution is 6.30. The van der Waals surface area contributed by atoms with Gasteiger partial charge in [-0.25, -0.2) is 0 Å². The van der Waals surface area contributed by atoms with Crippen LogP contribution < -0.4 is 0 Å². The lowest BCUT2D eigenvalue weighted by Crippen LogP contribution is -2.41. The lowest BCUT2D eigenvalue weighted by atomic mass is 9.87. The van der Waals surface area contributed by atoms with E-state index in [1.54, 1.807) is 0 Å². The molecule has 0 aromatic heterocycles. The zero-order valence-electron chi connectivity index (χ0n) is 13.2. The number of rotatable bonds is 4. The first-order valence-electron chi connectivity index (χ1n) is 8.71. The Kier molecular flexibility index (Phi) is 3.68. The fourth-order valence-electron chi connectivity index (χ4n) is 4.68. The molecule has 0 N–H and O–H groups in total. The molecule has 0 radical (unpaired) electrons. The summed E-state index contributed by atoms with van der Waals surface area (Å²) in [4.78, 5) is 15.4. The van der Waals surface area contributed by atoms with Gasteiger partial charge in [0.25, 0.3) is 0 Å². The maximum absolute atomic E-state index is 13.2. The van der Waals surface area contributed by atoms with E-state index < -0.39 is 0 Å². The Bertz CT molecular complexity index is 565. The zero-order valence-corrected chi connectivity index (χ0v) is 13.9. The molecular formula is C19H24ClNO. The van der Waals surface area contributed by atoms with Crippen molar-refractivity contribution in [3.63, 3.8) is 0 Å². The Morgan fingerprint density at radius 2 is 1.86 bits per heavy atom. The van der Waals surface area contributed by atoms with E-state index in [2.05, 4.69) is 24.0 Å². The molecule has 4 atom stereocenters. The normalized spacial score (nSPS) is 31.3. The van der Waals surface area contributed by atoms with Crippen molar-refractivity contribution >= 4 is 17.5 Å². The highest BCUT2D eigenvalue weighted by atomic mass is 35.5. The predicted molar refractivity (Wildman–Crippen MR) is 88.7 cm³/mol. The summed E-state index contributed by atoms with van der Waals surface area (Å²) >= 11 is 6.00. The fourth-order valence-corrected chi connectivity index (χ4v) is 4.81. The molecule has 2 nitrogen and oxygen atoms in total. The molecule has 1 aromatic rings. The van der Waals surface area contributed by atoms with Gasteiger partial charge in [-0.05, 0) is 68.6 Å². The Labute approximate surface area is 137 Å². The topological polar surface area (TPSA) is 20.3 Å². The van der Waals surface area contributed by atoms with E-state index in [9.17, 15) is 4.79 Å². The fraction of sp³-hybridized carbons (Fsp3) is 0.632. The Hall–Kier alpha value is -1.02. The molecule has 0 unspecified atom stereocenters. The first-order chi connectivity index (χ1) is 10.6. The zero-order chi connectivity index (χ0) is 15.3. The molecule has 1 amide bonds. The Morgan fingerprint density at radius 3 is 2.41 bits per heavy atom. The van der Waals surface area contributed by atoms with Crippen LogP contribution in [-0.4, -0.2) is 16.8 Å². The first kappa shape index (κ1) is 14.6. The summed E-state index contributed by atoms with van der Waals surface area (Å²) in [5.41, 5.74) is 1.20. The van der Waals surface area contributed by atoms with Crippen LogP contribution in [0.15, 0.2) is 24.3 Å². The second-order valence-electron chi connectivity index (χ2n) is 7.49. The van der Waals surface area contributed by atoms with Crippen molar-refractivity contribution in [3.05, 3.63) is 34.9 Å². The van der Waals surface area contributed by atoms with Gasteiger partial charge in [-0.2, -0.15) is 0 Å². The number of hydrogen-bond donors (Lipinski definition) is 0. The quantitative estimate of drug-likeness (QED) is 0.779. The van der Waals surface area contributed by atoms with E-state index in [0.717, 1.165) is 17.4 Å². The molecule has 0 heterocycles. The van der Waals surface area contributed by atoms with E-state index in [1.165, 1.54) is 37.7 Å². The smallest absolute Gasteiger partial charge is 0.226 e. The van der Waals surface area contributed by atoms with Crippen LogP contribution in [0.25, 0.3) is 0 Å². The number of carbonyl (C=O) groups excluding carboxylic acids is 1. The van der Waals surface area contributed by atoms with E-state index in [-0.39, 0.29) is 6.04 Å². The summed E-state index contributed by atoms with van der Waals surface area (Å²) in [5, 5.41) is 0.758. The number of fused-ring (bicyclic) bond motifs is 2. The average molecular weight is 318 g/mol. The van der Waals surface area contributed by atoms with Crippen LogP contribution in [0.5, 0.6) is 0 Å². The van der Waals surface area contributed by atoms with Gasteiger partial charge in [-0.15, -0.1) is 0 Å². The van der Waals surface area contributed by atoms with Gasteiger partial charge in [-0.3, -0.25) is 4.79 Å². The number of amides is 1. The van der Waals surface area contributed by atoms with Crippen LogP contribution in [0, 0.1) is 17.8 Å². The molecule has 3 saturated carbocycles. The van der Waals surface area contributed by atoms with Crippen molar-refractivity contribution < 1.29 is 4.79 Å². The van der Waals surface area contributed by atoms with Crippen LogP contribution in [0.4, 0.5) is 0 Å². The van der Waals surface area contributed by atoms with E-state index >= 15 is 0 Å². The molecule has 0 spiro atoms. The standard InChI is InChI=1S/C19H24ClNO/c1-12(14-4-6-16(20)7-5-14)21(17-8-9-17)19(22)18-11-13-2-3-15(18)10-13/h4-7,12-13,15,17-18H,2-3,8-11H2,1H3/t12-,13+,15+,18-/m1/s1. The average Bonchev–Trinajstić information content (AvgIpc) is 3.11. The molecular weight excluding hydrogens is 294 g/mol. The maximum atomic E-state index is 13.2. The van der Waals surface area contributed by atoms with E-state index in [0.29, 0.717) is 23.8 Å². The summed E-state index contributed by atoms with van der Waals surface area (Å²) in [6.07, 6.45) is 7.40. The molecule has 0 saturated heterocycles. The number of nitrogens with zero attached hydrogens (tertiary/aromatic N) is 1. The lowest BCUT2D eigenvalue weighted by Gasteiger charge is -2.34. The summed E-state index contributed by atoms with van der Waals surface area (Å²) in [7, 11) is 0. The molecule has 3 aliphatic rings. The second-order valence-corrected chi connectivity index (χ2v) is 7.92. The minimum absolute atomic E-state index is 0.163. The second kappa shape index (κ2) is 5.56. The lowest BCUT2D eigenvalue weighted by molar-refractivity contribution is -0.140. The third-order valence-electron chi connectivity index (χ3n) is 6.02. The molecule has 0 aliphatic heterocycles. The number of hydrogen-bond acceptors (Lipinski definition) is 1. The molecule has 3 fully saturated rings. The van der Waals surface area contributed by atoms with E-state index in [1.807, 2.05) is 12.1 Å². The third kappa shape index (κ3) is 2.56. The number of halogens is 1. The highest BCUT2D eigenvalue weighted by Crippen LogP contribution is 2.50. The summed E-state index contributed by atoms with van der Waals surface area (Å²) < 4.78 is 0. The molecule has 118 valence electrons. The van der Waals surface area contributed by atoms with Crippen molar-refractivity contribution in [1.29, 1.82) is 0 Å². The molecule has 3 aliphatic carbocycles. The van der Waals surface area contributed by atoms with Crippen molar-refractivity contribution in [2.75, 3.05) is 0 Å². The van der Waals surface area contributed by atoms with Crippen LogP contribution >= 0.6 is 11.6 Å². The van der Waals surface area contributed by atoms with Crippen molar-refractivity contribution in [2.45, 2.75) is 57.5 Å². The highest BCUT2D eigenvalue weighted by Gasteiger charge is 2.47. The van der Waals surface area contributed by atoms with Gasteiger partial charge in [-0.1, -0.05) is 30.2 Å². The van der Waals surface area contributed by atoms with Crippen molar-refractivity contribution in [3.8, 4) is 0 Å². The SMILES string of the molecule is C[C@H](c1ccc(Cl)cc1)N(C(=O)[C@@H]1C[C@H]2CC[C@H]1C2)C1CC1. The van der Waals surface area contributed by atoms with Crippen LogP contribution in [-0.2, 0) is 4.79 Å². The minimum Gasteiger partial charge on any atom is -0.333 e. The van der Waals surface area contributed by atoms with Gasteiger partial charge in [0.2, 0.25) is 5.91 Å². The molecule has 4 rings (SSSR count). The number of carbonyl (C=O) groups is 1. The summed E-state index contributed by atoms with van der Waals surface area (Å²) in [6.45, 7) is 2.17. The van der Waals surface area contributed by atoms with Crippen molar-refractivity contribution in [1.82, 2.24) is 4.90 Å². The third-order valence-corrected chi connectivity index (χ3v) is 6.27. The Balaban J connectivity index is 1.55. The Morgan fingerprint density at radius 1 is 1.14 bits per heavy atom. The van der Waals surface area contributed by atoms with Crippen LogP contribution in [0.3, 0.4) is 0 Å². The van der Waals surface area contributed by atoms with Gasteiger partial charge >= 0.3 is 0 Å². The molecule has 2 bridgehead atoms. The molecule has 1 aromatic carbocycles. The first-order valence-corrected chi connectivity index (χ1v) is 9.09. The van der Waals surface area contributed by atoms with Gasteiger partial charge < -0.3 is 4.90 Å². The number of benzene rings is 1. The monoisotopic (exact) mass is 317 g/mol. The van der Waals surface area contributed by atoms with Gasteiger partial charge in [0.15, 0.2) is 0 Å².